The van der Waals surface area contributed by atoms with Crippen LogP contribution in [-0.2, 0) is 17.8 Å². The van der Waals surface area contributed by atoms with E-state index in [1.54, 1.807) is 12.1 Å². The molecule has 1 aliphatic carbocycles. The van der Waals surface area contributed by atoms with Crippen LogP contribution in [0.1, 0.15) is 24.1 Å². The molecule has 0 unspecified atom stereocenters. The Bertz CT molecular complexity index is 1720. The Labute approximate surface area is 266 Å². The summed E-state index contributed by atoms with van der Waals surface area (Å²) in [5.74, 6) is -1.44. The highest BCUT2D eigenvalue weighted by Crippen LogP contribution is 2.47. The van der Waals surface area contributed by atoms with Crippen LogP contribution in [-0.4, -0.2) is 96.9 Å². The molecule has 12 heteroatoms. The zero-order chi connectivity index (χ0) is 32.0. The fourth-order valence-electron chi connectivity index (χ4n) is 7.01. The molecular formula is C34H36F3N7O2. The number of carbonyl (C=O) groups excluding carboxylic acids is 1. The molecule has 3 fully saturated rings. The quantitative estimate of drug-likeness (QED) is 0.253. The van der Waals surface area contributed by atoms with Gasteiger partial charge in [-0.2, -0.15) is 9.97 Å². The smallest absolute Gasteiger partial charge is 0.318 e. The number of rotatable bonds is 9. The Morgan fingerprint density at radius 3 is 2.67 bits per heavy atom. The van der Waals surface area contributed by atoms with Gasteiger partial charge in [-0.05, 0) is 42.8 Å². The normalized spacial score (nSPS) is 21.0. The Morgan fingerprint density at radius 2 is 1.93 bits per heavy atom. The Hall–Kier alpha value is -4.37. The van der Waals surface area contributed by atoms with E-state index in [0.717, 1.165) is 47.1 Å². The number of alkyl halides is 1. The predicted octanol–water partition coefficient (Wildman–Crippen LogP) is 4.56. The molecule has 3 aromatic rings. The highest BCUT2D eigenvalue weighted by molar-refractivity contribution is 5.94. The van der Waals surface area contributed by atoms with Crippen LogP contribution in [0.2, 0.25) is 0 Å². The maximum Gasteiger partial charge on any atom is 0.318 e. The third-order valence-electron chi connectivity index (χ3n) is 9.70. The second-order valence-corrected chi connectivity index (χ2v) is 13.0. The van der Waals surface area contributed by atoms with Crippen LogP contribution in [0.15, 0.2) is 48.8 Å². The fourth-order valence-corrected chi connectivity index (χ4v) is 7.01. The number of likely N-dealkylation sites (tertiary alicyclic amines) is 1. The predicted molar refractivity (Wildman–Crippen MR) is 169 cm³/mol. The van der Waals surface area contributed by atoms with Crippen LogP contribution < -0.4 is 14.5 Å². The molecule has 1 atom stereocenters. The molecule has 9 nitrogen and oxygen atoms in total. The van der Waals surface area contributed by atoms with Gasteiger partial charge >= 0.3 is 6.01 Å². The summed E-state index contributed by atoms with van der Waals surface area (Å²) in [4.78, 5) is 33.6. The molecule has 240 valence electrons. The summed E-state index contributed by atoms with van der Waals surface area (Å²) in [6.07, 6.45) is 1.86. The molecule has 7 rings (SSSR count). The van der Waals surface area contributed by atoms with Gasteiger partial charge in [-0.3, -0.25) is 9.69 Å². The van der Waals surface area contributed by atoms with Gasteiger partial charge in [0.1, 0.15) is 23.8 Å². The lowest BCUT2D eigenvalue weighted by Crippen LogP contribution is -2.57. The molecule has 4 heterocycles. The molecule has 46 heavy (non-hydrogen) atoms. The Morgan fingerprint density at radius 1 is 1.11 bits per heavy atom. The molecule has 2 aromatic carbocycles. The largest absolute Gasteiger partial charge is 0.463 e. The summed E-state index contributed by atoms with van der Waals surface area (Å²) in [5, 5.41) is 1.77. The van der Waals surface area contributed by atoms with Crippen LogP contribution in [0.25, 0.3) is 15.6 Å². The number of hydrogen-bond acceptors (Lipinski definition) is 7. The molecule has 1 amide bonds. The van der Waals surface area contributed by atoms with Crippen molar-refractivity contribution in [1.29, 1.82) is 0 Å². The first-order valence-electron chi connectivity index (χ1n) is 15.8. The van der Waals surface area contributed by atoms with Gasteiger partial charge in [0.25, 0.3) is 5.91 Å². The molecule has 3 aliphatic heterocycles. The standard InChI is InChI=1S/C34H36F3N7O2/c1-22(35)32(45)44-13-12-43(18-26(44)15-38-2)31-27-8-11-42(30-5-3-4-23-6-7-24(36)14-28(23)30)19-29(27)39-33(40-31)46-21-34(9-10-34)20-41-16-25(37)17-41/h3-7,14,25-26H,1,8-13,15-21H2/t26-/m0/s1. The van der Waals surface area contributed by atoms with E-state index < -0.39 is 23.9 Å². The van der Waals surface area contributed by atoms with Crippen molar-refractivity contribution in [3.8, 4) is 6.01 Å². The Kier molecular flexibility index (Phi) is 7.97. The average molecular weight is 632 g/mol. The van der Waals surface area contributed by atoms with Crippen molar-refractivity contribution in [2.75, 3.05) is 68.8 Å². The van der Waals surface area contributed by atoms with Crippen molar-refractivity contribution in [3.63, 3.8) is 0 Å². The van der Waals surface area contributed by atoms with Gasteiger partial charge in [-0.15, -0.1) is 0 Å². The van der Waals surface area contributed by atoms with E-state index in [1.165, 1.54) is 11.0 Å². The monoisotopic (exact) mass is 631 g/mol. The van der Waals surface area contributed by atoms with Crippen LogP contribution in [0.5, 0.6) is 6.01 Å². The van der Waals surface area contributed by atoms with Crippen molar-refractivity contribution < 1.29 is 22.7 Å². The third-order valence-corrected chi connectivity index (χ3v) is 9.70. The number of aromatic nitrogens is 2. The van der Waals surface area contributed by atoms with Gasteiger partial charge in [0.05, 0.1) is 18.8 Å². The lowest BCUT2D eigenvalue weighted by Gasteiger charge is -2.41. The third kappa shape index (κ3) is 5.96. The van der Waals surface area contributed by atoms with Gasteiger partial charge in [0, 0.05) is 67.9 Å². The summed E-state index contributed by atoms with van der Waals surface area (Å²) in [6, 6.07) is 10.4. The number of carbonyl (C=O) groups is 1. The van der Waals surface area contributed by atoms with Gasteiger partial charge < -0.3 is 24.3 Å². The molecule has 0 N–H and O–H groups in total. The zero-order valence-corrected chi connectivity index (χ0v) is 25.6. The van der Waals surface area contributed by atoms with Gasteiger partial charge in [0.2, 0.25) is 6.54 Å². The first-order valence-corrected chi connectivity index (χ1v) is 15.8. The molecule has 2 saturated heterocycles. The molecule has 1 aromatic heterocycles. The van der Waals surface area contributed by atoms with Crippen molar-refractivity contribution in [2.24, 2.45) is 5.41 Å². The lowest BCUT2D eigenvalue weighted by atomic mass is 10.0. The van der Waals surface area contributed by atoms with E-state index in [2.05, 4.69) is 21.2 Å². The highest BCUT2D eigenvalue weighted by Gasteiger charge is 2.47. The lowest BCUT2D eigenvalue weighted by molar-refractivity contribution is -0.131. The van der Waals surface area contributed by atoms with Gasteiger partial charge in [0.15, 0.2) is 5.83 Å². The van der Waals surface area contributed by atoms with Crippen molar-refractivity contribution in [1.82, 2.24) is 19.8 Å². The first-order chi connectivity index (χ1) is 22.2. The van der Waals surface area contributed by atoms with Crippen LogP contribution in [0.4, 0.5) is 24.7 Å². The molecule has 4 aliphatic rings. The van der Waals surface area contributed by atoms with E-state index in [9.17, 15) is 18.0 Å². The highest BCUT2D eigenvalue weighted by atomic mass is 19.1. The number of piperazine rings is 1. The average Bonchev–Trinajstić information content (AvgIpc) is 3.81. The van der Waals surface area contributed by atoms with Crippen molar-refractivity contribution >= 4 is 28.2 Å². The molecule has 1 saturated carbocycles. The number of hydrogen-bond donors (Lipinski definition) is 0. The number of amides is 1. The fraction of sp³-hybridized carbons (Fsp3) is 0.471. The van der Waals surface area contributed by atoms with Crippen LogP contribution in [0, 0.1) is 17.8 Å². The minimum atomic E-state index is -1.04. The molecule has 0 bridgehead atoms. The summed E-state index contributed by atoms with van der Waals surface area (Å²) >= 11 is 0. The Balaban J connectivity index is 1.19. The number of anilines is 2. The summed E-state index contributed by atoms with van der Waals surface area (Å²) in [7, 11) is 0. The van der Waals surface area contributed by atoms with Crippen molar-refractivity contribution in [3.05, 3.63) is 77.3 Å². The van der Waals surface area contributed by atoms with Gasteiger partial charge in [-0.25, -0.2) is 19.7 Å². The molecule has 0 spiro atoms. The van der Waals surface area contributed by atoms with E-state index in [-0.39, 0.29) is 30.3 Å². The van der Waals surface area contributed by atoms with E-state index in [0.29, 0.717) is 58.1 Å². The molecular weight excluding hydrogens is 595 g/mol. The van der Waals surface area contributed by atoms with Gasteiger partial charge in [-0.1, -0.05) is 24.8 Å². The van der Waals surface area contributed by atoms with E-state index in [1.807, 2.05) is 23.1 Å². The number of halogens is 3. The maximum atomic E-state index is 14.3. The number of benzene rings is 2. The number of fused-ring (bicyclic) bond motifs is 2. The maximum absolute atomic E-state index is 14.3. The first kappa shape index (κ1) is 30.3. The van der Waals surface area contributed by atoms with E-state index in [4.69, 9.17) is 21.3 Å². The zero-order valence-electron chi connectivity index (χ0n) is 25.6. The topological polar surface area (TPSA) is 69.4 Å². The van der Waals surface area contributed by atoms with E-state index >= 15 is 0 Å². The minimum absolute atomic E-state index is 0.0241. The summed E-state index contributed by atoms with van der Waals surface area (Å²) < 4.78 is 47.9. The second kappa shape index (κ2) is 12.1. The van der Waals surface area contributed by atoms with Crippen LogP contribution >= 0.6 is 0 Å². The van der Waals surface area contributed by atoms with Crippen LogP contribution in [0.3, 0.4) is 0 Å². The summed E-state index contributed by atoms with van der Waals surface area (Å²) in [5.41, 5.74) is 2.63. The number of nitrogens with zero attached hydrogens (tertiary/aromatic N) is 7. The number of ether oxygens (including phenoxy) is 1. The SMILES string of the molecule is [C-]#[N+]C[C@H]1CN(c2nc(OCC3(CN4CC(F)C4)CC3)nc3c2CCN(c2cccc4ccc(F)cc24)C3)CCN1C(=O)C(=C)F. The minimum Gasteiger partial charge on any atom is -0.463 e. The summed E-state index contributed by atoms with van der Waals surface area (Å²) in [6.45, 7) is 14.8. The molecule has 0 radical (unpaired) electrons. The second-order valence-electron chi connectivity index (χ2n) is 13.0. The van der Waals surface area contributed by atoms with Crippen molar-refractivity contribution in [2.45, 2.75) is 38.0 Å².